The van der Waals surface area contributed by atoms with Crippen LogP contribution in [0, 0.1) is 5.41 Å². The number of aromatic nitrogens is 1. The Labute approximate surface area is 197 Å². The van der Waals surface area contributed by atoms with Crippen molar-refractivity contribution in [3.8, 4) is 17.0 Å². The number of rotatable bonds is 4. The Bertz CT molecular complexity index is 1340. The van der Waals surface area contributed by atoms with Crippen LogP contribution in [0.4, 0.5) is 0 Å². The maximum absolute atomic E-state index is 12.6. The Morgan fingerprint density at radius 2 is 1.91 bits per heavy atom. The summed E-state index contributed by atoms with van der Waals surface area (Å²) in [6, 6.07) is 11.5. The van der Waals surface area contributed by atoms with E-state index >= 15 is 0 Å². The van der Waals surface area contributed by atoms with E-state index < -0.39 is 17.3 Å². The number of aliphatic carboxylic acids is 1. The minimum absolute atomic E-state index is 0.0758. The molecule has 2 aliphatic carbocycles. The highest BCUT2D eigenvalue weighted by atomic mass is 16.5. The van der Waals surface area contributed by atoms with Crippen molar-refractivity contribution in [1.29, 1.82) is 0 Å². The van der Waals surface area contributed by atoms with Gasteiger partial charge in [-0.2, -0.15) is 0 Å². The van der Waals surface area contributed by atoms with Crippen molar-refractivity contribution >= 4 is 22.8 Å². The number of carboxylic acids is 1. The molecule has 3 N–H and O–H groups in total. The summed E-state index contributed by atoms with van der Waals surface area (Å²) < 4.78 is 7.65. The van der Waals surface area contributed by atoms with Gasteiger partial charge in [0, 0.05) is 34.5 Å². The van der Waals surface area contributed by atoms with Gasteiger partial charge in [0.2, 0.25) is 0 Å². The number of hydrogen-bond donors (Lipinski definition) is 3. The average Bonchev–Trinajstić information content (AvgIpc) is 3.54. The first-order chi connectivity index (χ1) is 16.5. The Balaban J connectivity index is 1.69. The molecule has 0 saturated heterocycles. The fourth-order valence-corrected chi connectivity index (χ4v) is 6.49. The summed E-state index contributed by atoms with van der Waals surface area (Å²) in [4.78, 5) is 24.8. The van der Waals surface area contributed by atoms with E-state index in [1.807, 2.05) is 18.2 Å². The van der Waals surface area contributed by atoms with Crippen molar-refractivity contribution in [2.75, 3.05) is 7.11 Å². The first kappa shape index (κ1) is 21.2. The summed E-state index contributed by atoms with van der Waals surface area (Å²) in [6.45, 7) is 0.354. The SMILES string of the molecule is COc1ccc2c(c1)C1C[C@@]1(C(=O)O)Cn1c-2c(C2CCCCC2)c2ccc(C(=O)NO)cc21. The molecule has 2 atom stereocenters. The fraction of sp³-hybridized carbons (Fsp3) is 0.407. The Morgan fingerprint density at radius 3 is 2.62 bits per heavy atom. The largest absolute Gasteiger partial charge is 0.497 e. The number of nitrogens with one attached hydrogen (secondary N) is 1. The Hall–Kier alpha value is -3.32. The zero-order valence-electron chi connectivity index (χ0n) is 19.1. The molecule has 0 radical (unpaired) electrons. The lowest BCUT2D eigenvalue weighted by Gasteiger charge is -2.24. The number of nitrogens with zero attached hydrogens (tertiary/aromatic N) is 1. The highest BCUT2D eigenvalue weighted by Crippen LogP contribution is 2.65. The maximum Gasteiger partial charge on any atom is 0.312 e. The fourth-order valence-electron chi connectivity index (χ4n) is 6.49. The lowest BCUT2D eigenvalue weighted by atomic mass is 9.81. The normalized spacial score (nSPS) is 23.4. The van der Waals surface area contributed by atoms with Crippen LogP contribution in [-0.4, -0.2) is 33.9 Å². The van der Waals surface area contributed by atoms with Crippen LogP contribution in [0.5, 0.6) is 5.75 Å². The minimum Gasteiger partial charge on any atom is -0.497 e. The van der Waals surface area contributed by atoms with Crippen LogP contribution in [0.2, 0.25) is 0 Å². The van der Waals surface area contributed by atoms with Crippen molar-refractivity contribution in [2.45, 2.75) is 56.9 Å². The molecule has 7 heteroatoms. The van der Waals surface area contributed by atoms with E-state index in [9.17, 15) is 19.9 Å². The molecule has 1 aromatic heterocycles. The first-order valence-corrected chi connectivity index (χ1v) is 12.0. The summed E-state index contributed by atoms with van der Waals surface area (Å²) in [7, 11) is 1.63. The second-order valence-corrected chi connectivity index (χ2v) is 10.0. The van der Waals surface area contributed by atoms with Gasteiger partial charge in [-0.1, -0.05) is 25.3 Å². The monoisotopic (exact) mass is 460 g/mol. The van der Waals surface area contributed by atoms with Gasteiger partial charge in [0.25, 0.3) is 5.91 Å². The van der Waals surface area contributed by atoms with Gasteiger partial charge in [-0.25, -0.2) is 5.48 Å². The van der Waals surface area contributed by atoms with Gasteiger partial charge in [0.15, 0.2) is 0 Å². The highest BCUT2D eigenvalue weighted by molar-refractivity contribution is 6.01. The van der Waals surface area contributed by atoms with E-state index in [1.165, 1.54) is 24.8 Å². The van der Waals surface area contributed by atoms with Crippen LogP contribution >= 0.6 is 0 Å². The molecule has 34 heavy (non-hydrogen) atoms. The van der Waals surface area contributed by atoms with Crippen molar-refractivity contribution in [3.05, 3.63) is 53.1 Å². The van der Waals surface area contributed by atoms with Crippen LogP contribution < -0.4 is 10.2 Å². The van der Waals surface area contributed by atoms with Crippen molar-refractivity contribution in [3.63, 3.8) is 0 Å². The molecule has 2 saturated carbocycles. The molecule has 0 spiro atoms. The topological polar surface area (TPSA) is 101 Å². The maximum atomic E-state index is 12.6. The molecule has 2 fully saturated rings. The second kappa shape index (κ2) is 7.60. The molecule has 0 bridgehead atoms. The number of carbonyl (C=O) groups is 2. The van der Waals surface area contributed by atoms with E-state index in [0.717, 1.165) is 46.3 Å². The molecule has 1 amide bonds. The van der Waals surface area contributed by atoms with E-state index in [1.54, 1.807) is 24.7 Å². The average molecular weight is 461 g/mol. The molecule has 1 unspecified atom stereocenters. The number of methoxy groups -OCH3 is 1. The predicted octanol–water partition coefficient (Wildman–Crippen LogP) is 5.06. The lowest BCUT2D eigenvalue weighted by molar-refractivity contribution is -0.144. The third-order valence-corrected chi connectivity index (χ3v) is 8.31. The van der Waals surface area contributed by atoms with Gasteiger partial charge < -0.3 is 14.4 Å². The molecule has 6 rings (SSSR count). The van der Waals surface area contributed by atoms with E-state index in [-0.39, 0.29) is 5.92 Å². The summed E-state index contributed by atoms with van der Waals surface area (Å²) in [5.74, 6) is -0.323. The number of fused-ring (bicyclic) bond motifs is 7. The number of amides is 1. The summed E-state index contributed by atoms with van der Waals surface area (Å²) in [5, 5.41) is 20.6. The molecule has 3 aromatic rings. The first-order valence-electron chi connectivity index (χ1n) is 12.0. The number of benzene rings is 2. The summed E-state index contributed by atoms with van der Waals surface area (Å²) in [5.41, 5.74) is 6.49. The standard InChI is InChI=1S/C27H28N2O5/c1-34-17-8-10-18-20(12-17)21-13-27(21,26(31)32)14-29-22-11-16(25(30)28-33)7-9-19(22)23(24(18)29)15-5-3-2-4-6-15/h7-12,15,21,33H,2-6,13-14H2,1H3,(H,28,30)(H,31,32)/t21?,27-/m1/s1. The molecule has 3 aliphatic rings. The van der Waals surface area contributed by atoms with Crippen LogP contribution in [0.1, 0.15) is 71.8 Å². The van der Waals surface area contributed by atoms with Gasteiger partial charge in [0.05, 0.1) is 18.2 Å². The molecule has 2 aromatic carbocycles. The van der Waals surface area contributed by atoms with Gasteiger partial charge >= 0.3 is 5.97 Å². The van der Waals surface area contributed by atoms with Gasteiger partial charge in [-0.05, 0) is 66.6 Å². The number of carboxylic acid groups (broad SMARTS) is 1. The minimum atomic E-state index is -0.878. The van der Waals surface area contributed by atoms with Gasteiger partial charge in [0.1, 0.15) is 5.75 Å². The van der Waals surface area contributed by atoms with Gasteiger partial charge in [-0.3, -0.25) is 14.8 Å². The van der Waals surface area contributed by atoms with Crippen LogP contribution in [-0.2, 0) is 11.3 Å². The number of ether oxygens (including phenoxy) is 1. The van der Waals surface area contributed by atoms with E-state index in [0.29, 0.717) is 24.4 Å². The van der Waals surface area contributed by atoms with Crippen molar-refractivity contribution in [2.24, 2.45) is 5.41 Å². The van der Waals surface area contributed by atoms with Crippen LogP contribution in [0.25, 0.3) is 22.2 Å². The summed E-state index contributed by atoms with van der Waals surface area (Å²) >= 11 is 0. The molecular weight excluding hydrogens is 432 g/mol. The third kappa shape index (κ3) is 2.92. The molecule has 2 heterocycles. The third-order valence-electron chi connectivity index (χ3n) is 8.31. The Kier molecular flexibility index (Phi) is 4.74. The molecule has 7 nitrogen and oxygen atoms in total. The van der Waals surface area contributed by atoms with Crippen LogP contribution in [0.15, 0.2) is 36.4 Å². The van der Waals surface area contributed by atoms with Gasteiger partial charge in [-0.15, -0.1) is 0 Å². The molecule has 1 aliphatic heterocycles. The van der Waals surface area contributed by atoms with E-state index in [4.69, 9.17) is 4.74 Å². The quantitative estimate of drug-likeness (QED) is 0.373. The zero-order valence-corrected chi connectivity index (χ0v) is 19.1. The Morgan fingerprint density at radius 1 is 1.12 bits per heavy atom. The highest BCUT2D eigenvalue weighted by Gasteiger charge is 2.63. The molecule has 176 valence electrons. The number of carbonyl (C=O) groups excluding carboxylic acids is 1. The van der Waals surface area contributed by atoms with Crippen LogP contribution in [0.3, 0.4) is 0 Å². The number of hydrogen-bond acceptors (Lipinski definition) is 4. The second-order valence-electron chi connectivity index (χ2n) is 10.0. The predicted molar refractivity (Wildman–Crippen MR) is 126 cm³/mol. The molecular formula is C27H28N2O5. The lowest BCUT2D eigenvalue weighted by Crippen LogP contribution is -2.23. The van der Waals surface area contributed by atoms with Crippen molar-refractivity contribution in [1.82, 2.24) is 10.0 Å². The van der Waals surface area contributed by atoms with E-state index in [2.05, 4.69) is 10.6 Å². The summed E-state index contributed by atoms with van der Waals surface area (Å²) in [6.07, 6.45) is 6.38. The zero-order chi connectivity index (χ0) is 23.6. The van der Waals surface area contributed by atoms with Crippen molar-refractivity contribution < 1.29 is 24.6 Å². The number of hydroxylamine groups is 1. The smallest absolute Gasteiger partial charge is 0.312 e.